The number of hydrogen-bond acceptors (Lipinski definition) is 25. The van der Waals surface area contributed by atoms with E-state index in [0.29, 0.717) is 34.0 Å². The van der Waals surface area contributed by atoms with Crippen molar-refractivity contribution in [1.82, 2.24) is 67.1 Å². The van der Waals surface area contributed by atoms with Gasteiger partial charge in [0.2, 0.25) is 47.3 Å². The van der Waals surface area contributed by atoms with Crippen LogP contribution in [0.2, 0.25) is 0 Å². The zero-order valence-corrected chi connectivity index (χ0v) is 59.2. The number of nitrogens with two attached hydrogens (primary N) is 1. The molecule has 2 aliphatic rings. The van der Waals surface area contributed by atoms with E-state index in [1.807, 2.05) is 0 Å². The Balaban J connectivity index is 0.0000180. The number of aliphatic hydroxyl groups excluding tert-OH is 4. The quantitative estimate of drug-likeness (QED) is 0.0158. The van der Waals surface area contributed by atoms with E-state index in [2.05, 4.69) is 47.5 Å². The summed E-state index contributed by atoms with van der Waals surface area (Å²) in [7, 11) is 1.80. The number of aromatic amines is 1. The van der Waals surface area contributed by atoms with Gasteiger partial charge in [-0.1, -0.05) is 82.3 Å². The van der Waals surface area contributed by atoms with E-state index < -0.39 is 152 Å². The number of benzene rings is 3. The molecule has 3 heterocycles. The number of aromatic nitrogens is 1. The summed E-state index contributed by atoms with van der Waals surface area (Å²) >= 11 is 0. The van der Waals surface area contributed by atoms with E-state index >= 15 is 14.4 Å². The molecule has 3 aromatic carbocycles. The van der Waals surface area contributed by atoms with E-state index in [-0.39, 0.29) is 141 Å². The fourth-order valence-electron chi connectivity index (χ4n) is 11.1. The number of phenolic OH excluding ortho intramolecular Hbond substituents is 1. The van der Waals surface area contributed by atoms with Crippen molar-refractivity contribution in [2.45, 2.75) is 119 Å². The number of phenols is 1. The van der Waals surface area contributed by atoms with Crippen molar-refractivity contribution in [3.63, 3.8) is 0 Å². The molecule has 100 heavy (non-hydrogen) atoms. The normalized spacial score (nSPS) is 22.2. The molecule has 35 heteroatoms. The second-order valence-electron chi connectivity index (χ2n) is 24.5. The number of amides is 8. The number of hydrogen-bond donors (Lipinski definition) is 15. The van der Waals surface area contributed by atoms with Crippen LogP contribution in [0.5, 0.6) is 5.75 Å². The number of H-pyrrole nitrogens is 1. The molecular formula is C65H91N14O18S2Sc. The van der Waals surface area contributed by atoms with Crippen LogP contribution < -0.4 is 63.6 Å². The van der Waals surface area contributed by atoms with Crippen molar-refractivity contribution in [2.75, 3.05) is 103 Å². The number of fused-ring (bicyclic) bond motifs is 1. The average Bonchev–Trinajstić information content (AvgIpc) is 1.62. The van der Waals surface area contributed by atoms with Gasteiger partial charge in [-0.2, -0.15) is 0 Å². The Bertz CT molecular complexity index is 3310. The Hall–Kier alpha value is -7.13. The molecule has 1 unspecified atom stereocenters. The summed E-state index contributed by atoms with van der Waals surface area (Å²) in [6.07, 6.45) is -3.39. The zero-order chi connectivity index (χ0) is 72.1. The molecule has 4 aromatic rings. The number of nitrogens with one attached hydrogen (secondary N) is 9. The Morgan fingerprint density at radius 3 is 1.77 bits per heavy atom. The molecule has 544 valence electrons. The molecule has 1 aromatic heterocycles. The summed E-state index contributed by atoms with van der Waals surface area (Å²) in [5.41, 5.74) is 8.03. The van der Waals surface area contributed by atoms with Crippen molar-refractivity contribution < 1.29 is 115 Å². The van der Waals surface area contributed by atoms with Crippen molar-refractivity contribution in [3.05, 3.63) is 102 Å². The summed E-state index contributed by atoms with van der Waals surface area (Å²) in [5.74, 6) is -11.1. The Morgan fingerprint density at radius 1 is 0.640 bits per heavy atom. The number of para-hydroxylation sites is 1. The van der Waals surface area contributed by atoms with Crippen LogP contribution in [0, 0.1) is 0 Å². The van der Waals surface area contributed by atoms with Crippen molar-refractivity contribution in [2.24, 2.45) is 5.73 Å². The second kappa shape index (κ2) is 43.0. The summed E-state index contributed by atoms with van der Waals surface area (Å²) in [6.45, 7) is 0.580. The fourth-order valence-corrected chi connectivity index (χ4v) is 13.4. The van der Waals surface area contributed by atoms with E-state index in [1.165, 1.54) is 47.9 Å². The van der Waals surface area contributed by atoms with Crippen LogP contribution in [0.25, 0.3) is 10.9 Å². The number of carboxylic acid groups (broad SMARTS) is 2. The molecule has 32 nitrogen and oxygen atoms in total. The largest absolute Gasteiger partial charge is 3.00 e. The predicted octanol–water partition coefficient (Wildman–Crippen LogP) is -7.54. The molecule has 16 N–H and O–H groups in total. The van der Waals surface area contributed by atoms with E-state index in [9.17, 15) is 74.4 Å². The smallest absolute Gasteiger partial charge is 0.830 e. The minimum absolute atomic E-state index is 0. The van der Waals surface area contributed by atoms with Crippen LogP contribution in [0.15, 0.2) is 85.1 Å². The van der Waals surface area contributed by atoms with Crippen LogP contribution in [-0.4, -0.2) is 279 Å². The SMILES string of the molecule is C[C@@H](O)[C@@H]1NC(=O)[C@H](CCCCN)NC(=O)[C@@H](Cc2c[nH]c3ccccc23)NC(=O)[C@H](Cc2ccc(O)cc2)NC(=O)[C@@H](NC(=O)[C@@H](Cc2ccccc2)NC(=O)CN2CCN(CC(=O)[O-])CCN(CC(=O)[O-])CCN(CC([O-])O)CC2)CSSC[C@@H](C(=O)N[C@H](CO)[C@@H](C)O)NC1=O.[44Sc+3]. The van der Waals surface area contributed by atoms with Crippen molar-refractivity contribution in [1.29, 1.82) is 0 Å². The zero-order valence-electron chi connectivity index (χ0n) is 55.8. The molecule has 0 radical (unpaired) electrons. The minimum Gasteiger partial charge on any atom is -0.830 e. The maximum absolute atomic E-state index is 15.3. The van der Waals surface area contributed by atoms with Crippen molar-refractivity contribution in [3.8, 4) is 5.75 Å². The second-order valence-corrected chi connectivity index (χ2v) is 27.0. The number of carboxylic acids is 2. The van der Waals surface area contributed by atoms with Gasteiger partial charge >= 0.3 is 25.8 Å². The van der Waals surface area contributed by atoms with Crippen LogP contribution in [0.3, 0.4) is 0 Å². The molecule has 0 saturated carbocycles. The van der Waals surface area contributed by atoms with E-state index in [0.717, 1.165) is 21.6 Å². The van der Waals surface area contributed by atoms with Gasteiger partial charge in [-0.05, 0) is 80.8 Å². The number of carbonyl (C=O) groups is 10. The van der Waals surface area contributed by atoms with Gasteiger partial charge in [0.15, 0.2) is 0 Å². The van der Waals surface area contributed by atoms with Crippen LogP contribution in [0.1, 0.15) is 49.8 Å². The van der Waals surface area contributed by atoms with Gasteiger partial charge < -0.3 is 104 Å². The molecule has 6 rings (SSSR count). The maximum Gasteiger partial charge on any atom is 3.00 e. The van der Waals surface area contributed by atoms with Gasteiger partial charge in [0, 0.05) is 120 Å². The number of aliphatic carboxylic acids is 2. The van der Waals surface area contributed by atoms with Crippen LogP contribution in [0.4, 0.5) is 0 Å². The van der Waals surface area contributed by atoms with Gasteiger partial charge in [0.05, 0.1) is 43.3 Å². The van der Waals surface area contributed by atoms with Gasteiger partial charge in [-0.3, -0.25) is 58.0 Å². The van der Waals surface area contributed by atoms with E-state index in [4.69, 9.17) is 5.73 Å². The molecule has 0 bridgehead atoms. The molecule has 8 amide bonds. The van der Waals surface area contributed by atoms with Gasteiger partial charge in [0.1, 0.15) is 48.0 Å². The number of aliphatic hydroxyl groups is 4. The molecule has 2 aliphatic heterocycles. The fraction of sp³-hybridized carbons (Fsp3) is 0.538. The molecule has 0 aliphatic carbocycles. The van der Waals surface area contributed by atoms with Crippen LogP contribution >= 0.6 is 21.6 Å². The van der Waals surface area contributed by atoms with Gasteiger partial charge in [-0.25, -0.2) is 0 Å². The Labute approximate surface area is 605 Å². The minimum atomic E-state index is -2.04. The standard InChI is InChI=1S/C65H93N14O18S2.Sc/c1-39(81)51(36-80)72-64(96)53-38-99-98-37-52(73-60(92)48(28-41-10-4-3-5-11-41)68-54(84)32-76-20-22-77(33-55(85)86)24-26-79(35-57(89)90)27-25-78(23-21-76)34-56(87)88)63(95)70-49(29-42-15-17-44(83)18-16-42)61(93)71-50(30-43-31-67-46-13-7-6-12-45(43)46)62(94)69-47(14-8-9-19-66)59(91)75-58(40(2)82)65(97)74-53;/h3-7,10-13,15-18,31,39-40,47-53,55,58,67,80-83,85H,8-9,14,19-30,32-38,66H2,1-2H3,(H,68,84)(H,69,94)(H,70,95)(H,71,93)(H,72,96)(H,73,92)(H,74,97)(H,75,91)(H,87,88)(H,89,90);/q-1;+3/p-2/t39-,40-,47+,48-,49+,50-,51-,52+,53+,55?,58+;/m1./s1/i;1-1. The molecule has 11 atom stereocenters. The summed E-state index contributed by atoms with van der Waals surface area (Å²) in [4.78, 5) is 151. The number of carbonyl (C=O) groups excluding carboxylic acids is 10. The first-order valence-corrected chi connectivity index (χ1v) is 35.1. The number of nitrogens with zero attached hydrogens (tertiary/aromatic N) is 4. The average molecular weight is 1460 g/mol. The third-order valence-electron chi connectivity index (χ3n) is 16.7. The Kier molecular flexibility index (Phi) is 35.9. The summed E-state index contributed by atoms with van der Waals surface area (Å²) in [6, 6.07) is 9.12. The predicted molar refractivity (Wildman–Crippen MR) is 359 cm³/mol. The first kappa shape index (κ1) is 83.5. The Morgan fingerprint density at radius 2 is 1.19 bits per heavy atom. The number of unbranched alkanes of at least 4 members (excludes halogenated alkanes) is 1. The number of β-amino-alcohol motifs (C(OH)–C–C–N with tert-alkyl or cyclic N) is 1. The molecule has 2 fully saturated rings. The van der Waals surface area contributed by atoms with Crippen molar-refractivity contribution >= 4 is 91.7 Å². The van der Waals surface area contributed by atoms with E-state index in [1.54, 1.807) is 70.6 Å². The first-order chi connectivity index (χ1) is 47.3. The molecular weight excluding hydrogens is 1370 g/mol. The van der Waals surface area contributed by atoms with Crippen LogP contribution in [-0.2, 0) is 93.1 Å². The van der Waals surface area contributed by atoms with Gasteiger partial charge in [-0.15, -0.1) is 0 Å². The molecule has 2 saturated heterocycles. The topological polar surface area (TPSA) is 492 Å². The molecule has 0 spiro atoms. The number of rotatable bonds is 26. The summed E-state index contributed by atoms with van der Waals surface area (Å²) in [5, 5.41) is 109. The van der Waals surface area contributed by atoms with Gasteiger partial charge in [0.25, 0.3) is 0 Å². The maximum atomic E-state index is 15.3. The third-order valence-corrected chi connectivity index (χ3v) is 19.1. The summed E-state index contributed by atoms with van der Waals surface area (Å²) < 4.78 is 0. The first-order valence-electron chi connectivity index (χ1n) is 32.6. The number of aromatic hydroxyl groups is 1. The third kappa shape index (κ3) is 28.4. The monoisotopic (exact) mass is 1460 g/mol.